The van der Waals surface area contributed by atoms with Gasteiger partial charge < -0.3 is 4.74 Å². The highest BCUT2D eigenvalue weighted by Crippen LogP contribution is 2.24. The zero-order chi connectivity index (χ0) is 15.1. The fourth-order valence-corrected chi connectivity index (χ4v) is 1.95. The lowest BCUT2D eigenvalue weighted by Gasteiger charge is -2.19. The fourth-order valence-electron chi connectivity index (χ4n) is 1.66. The van der Waals surface area contributed by atoms with Gasteiger partial charge in [0.15, 0.2) is 5.16 Å². The molecule has 0 aliphatic heterocycles. The smallest absolute Gasteiger partial charge is 0.421 e. The van der Waals surface area contributed by atoms with E-state index in [0.29, 0.717) is 11.0 Å². The molecule has 0 saturated carbocycles. The maximum atomic E-state index is 12.1. The Bertz CT molecular complexity index is 703. The Hall–Kier alpha value is -2.09. The largest absolute Gasteiger partial charge is 0.443 e. The van der Waals surface area contributed by atoms with Gasteiger partial charge in [-0.1, -0.05) is 0 Å². The van der Waals surface area contributed by atoms with Crippen LogP contribution in [0.1, 0.15) is 20.8 Å². The number of fused-ring (bicyclic) bond motifs is 1. The van der Waals surface area contributed by atoms with E-state index in [0.717, 1.165) is 0 Å². The van der Waals surface area contributed by atoms with Crippen molar-refractivity contribution in [1.29, 1.82) is 0 Å². The molecule has 0 amide bonds. The molecule has 2 aromatic rings. The van der Waals surface area contributed by atoms with Gasteiger partial charge >= 0.3 is 6.09 Å². The quantitative estimate of drug-likeness (QED) is 0.496. The minimum absolute atomic E-state index is 0.0975. The number of imidazole rings is 1. The number of hydrogen-bond acceptors (Lipinski definition) is 6. The lowest BCUT2D eigenvalue weighted by atomic mass is 10.2. The highest BCUT2D eigenvalue weighted by molar-refractivity contribution is 7.80. The van der Waals surface area contributed by atoms with Gasteiger partial charge in [0, 0.05) is 12.1 Å². The zero-order valence-corrected chi connectivity index (χ0v) is 12.0. The fraction of sp³-hybridized carbons (Fsp3) is 0.333. The molecule has 106 valence electrons. The van der Waals surface area contributed by atoms with Crippen LogP contribution in [-0.4, -0.2) is 26.2 Å². The van der Waals surface area contributed by atoms with Gasteiger partial charge in [0.2, 0.25) is 0 Å². The maximum Gasteiger partial charge on any atom is 0.421 e. The van der Waals surface area contributed by atoms with Crippen LogP contribution in [0.2, 0.25) is 0 Å². The standard InChI is InChI=1S/C12H13N3O4S/c1-12(2,3)19-11(16)14-9-5-4-7(15(17)18)6-8(9)13-10(14)20/h4-6H,1-3H3,(H,13,20). The summed E-state index contributed by atoms with van der Waals surface area (Å²) in [6, 6.07) is 4.04. The van der Waals surface area contributed by atoms with Crippen molar-refractivity contribution >= 4 is 35.4 Å². The normalized spacial score (nSPS) is 11.6. The number of ether oxygens (including phenoxy) is 1. The van der Waals surface area contributed by atoms with E-state index in [9.17, 15) is 14.9 Å². The van der Waals surface area contributed by atoms with Gasteiger partial charge in [0.05, 0.1) is 16.0 Å². The van der Waals surface area contributed by atoms with E-state index in [-0.39, 0.29) is 10.8 Å². The molecule has 1 aromatic carbocycles. The van der Waals surface area contributed by atoms with Crippen LogP contribution in [0, 0.1) is 10.1 Å². The second-order valence-electron chi connectivity index (χ2n) is 5.16. The van der Waals surface area contributed by atoms with Crippen LogP contribution in [0.3, 0.4) is 0 Å². The van der Waals surface area contributed by atoms with Crippen LogP contribution >= 0.6 is 12.6 Å². The van der Waals surface area contributed by atoms with Crippen molar-refractivity contribution in [2.75, 3.05) is 0 Å². The monoisotopic (exact) mass is 295 g/mol. The molecule has 20 heavy (non-hydrogen) atoms. The minimum atomic E-state index is -0.658. The molecular formula is C12H13N3O4S. The van der Waals surface area contributed by atoms with Crippen molar-refractivity contribution < 1.29 is 14.5 Å². The van der Waals surface area contributed by atoms with Crippen LogP contribution in [0.4, 0.5) is 10.5 Å². The predicted molar refractivity (Wildman–Crippen MR) is 75.3 cm³/mol. The molecule has 2 rings (SSSR count). The summed E-state index contributed by atoms with van der Waals surface area (Å²) in [5.41, 5.74) is -0.0288. The number of non-ortho nitro benzene ring substituents is 1. The number of hydrogen-bond donors (Lipinski definition) is 1. The third-order valence-corrected chi connectivity index (χ3v) is 2.71. The Morgan fingerprint density at radius 3 is 2.65 bits per heavy atom. The average molecular weight is 295 g/mol. The first-order chi connectivity index (χ1) is 9.19. The van der Waals surface area contributed by atoms with Crippen LogP contribution < -0.4 is 0 Å². The van der Waals surface area contributed by atoms with Crippen LogP contribution in [0.25, 0.3) is 11.0 Å². The second kappa shape index (κ2) is 4.78. The molecule has 8 heteroatoms. The molecule has 0 saturated heterocycles. The topological polar surface area (TPSA) is 87.3 Å². The minimum Gasteiger partial charge on any atom is -0.443 e. The van der Waals surface area contributed by atoms with Crippen molar-refractivity contribution in [2.24, 2.45) is 0 Å². The average Bonchev–Trinajstić information content (AvgIpc) is 2.61. The SMILES string of the molecule is CC(C)(C)OC(=O)n1c(S)nc2cc([N+](=O)[O-])ccc21. The Morgan fingerprint density at radius 1 is 1.45 bits per heavy atom. The third kappa shape index (κ3) is 2.74. The van der Waals surface area contributed by atoms with Gasteiger partial charge in [-0.3, -0.25) is 10.1 Å². The molecule has 0 radical (unpaired) electrons. The highest BCUT2D eigenvalue weighted by Gasteiger charge is 2.22. The number of carbonyl (C=O) groups is 1. The number of nitro groups is 1. The maximum absolute atomic E-state index is 12.1. The number of nitrogens with zero attached hydrogens (tertiary/aromatic N) is 3. The molecule has 0 unspecified atom stereocenters. The van der Waals surface area contributed by atoms with Crippen LogP contribution in [0.15, 0.2) is 23.4 Å². The van der Waals surface area contributed by atoms with E-state index >= 15 is 0 Å². The molecule has 1 aromatic heterocycles. The lowest BCUT2D eigenvalue weighted by Crippen LogP contribution is -2.27. The number of carbonyl (C=O) groups excluding carboxylic acids is 1. The number of benzene rings is 1. The van der Waals surface area contributed by atoms with Crippen molar-refractivity contribution in [3.05, 3.63) is 28.3 Å². The summed E-state index contributed by atoms with van der Waals surface area (Å²) in [6.07, 6.45) is -0.626. The van der Waals surface area contributed by atoms with Gasteiger partial charge in [-0.15, -0.1) is 12.6 Å². The van der Waals surface area contributed by atoms with Crippen molar-refractivity contribution in [1.82, 2.24) is 9.55 Å². The predicted octanol–water partition coefficient (Wildman–Crippen LogP) is 3.02. The first-order valence-corrected chi connectivity index (χ1v) is 6.23. The molecule has 0 bridgehead atoms. The van der Waals surface area contributed by atoms with E-state index in [2.05, 4.69) is 17.6 Å². The van der Waals surface area contributed by atoms with E-state index in [1.54, 1.807) is 20.8 Å². The van der Waals surface area contributed by atoms with Crippen LogP contribution in [-0.2, 0) is 4.74 Å². The Morgan fingerprint density at radius 2 is 2.10 bits per heavy atom. The van der Waals surface area contributed by atoms with Gasteiger partial charge in [0.25, 0.3) is 5.69 Å². The molecule has 0 N–H and O–H groups in total. The number of nitro benzene ring substituents is 1. The molecule has 0 fully saturated rings. The van der Waals surface area contributed by atoms with E-state index in [4.69, 9.17) is 4.74 Å². The molecule has 7 nitrogen and oxygen atoms in total. The van der Waals surface area contributed by atoms with E-state index < -0.39 is 16.6 Å². The Kier molecular flexibility index (Phi) is 3.43. The van der Waals surface area contributed by atoms with Gasteiger partial charge in [-0.2, -0.15) is 0 Å². The summed E-state index contributed by atoms with van der Waals surface area (Å²) in [5, 5.41) is 10.8. The first kappa shape index (κ1) is 14.3. The number of thiol groups is 1. The summed E-state index contributed by atoms with van der Waals surface area (Å²) >= 11 is 4.11. The van der Waals surface area contributed by atoms with E-state index in [1.807, 2.05) is 0 Å². The number of rotatable bonds is 1. The molecule has 0 atom stereocenters. The summed E-state index contributed by atoms with van der Waals surface area (Å²) in [6.45, 7) is 5.23. The van der Waals surface area contributed by atoms with Crippen LogP contribution in [0.5, 0.6) is 0 Å². The Balaban J connectivity index is 2.52. The summed E-state index contributed by atoms with van der Waals surface area (Å²) < 4.78 is 6.42. The molecule has 0 spiro atoms. The molecule has 0 aliphatic rings. The second-order valence-corrected chi connectivity index (χ2v) is 5.56. The molecule has 0 aliphatic carbocycles. The highest BCUT2D eigenvalue weighted by atomic mass is 32.1. The van der Waals surface area contributed by atoms with Crippen molar-refractivity contribution in [2.45, 2.75) is 31.5 Å². The third-order valence-electron chi connectivity index (χ3n) is 2.41. The van der Waals surface area contributed by atoms with Crippen molar-refractivity contribution in [3.8, 4) is 0 Å². The van der Waals surface area contributed by atoms with Crippen molar-refractivity contribution in [3.63, 3.8) is 0 Å². The first-order valence-electron chi connectivity index (χ1n) is 5.78. The summed E-state index contributed by atoms with van der Waals surface area (Å²) in [4.78, 5) is 26.3. The van der Waals surface area contributed by atoms with Gasteiger partial charge in [-0.05, 0) is 26.8 Å². The summed E-state index contributed by atoms with van der Waals surface area (Å²) in [7, 11) is 0. The summed E-state index contributed by atoms with van der Waals surface area (Å²) in [5.74, 6) is 0. The Labute approximate surface area is 120 Å². The van der Waals surface area contributed by atoms with Gasteiger partial charge in [-0.25, -0.2) is 14.3 Å². The molecule has 1 heterocycles. The lowest BCUT2D eigenvalue weighted by molar-refractivity contribution is -0.384. The van der Waals surface area contributed by atoms with E-state index in [1.165, 1.54) is 22.8 Å². The van der Waals surface area contributed by atoms with Gasteiger partial charge in [0.1, 0.15) is 5.60 Å². The zero-order valence-electron chi connectivity index (χ0n) is 11.2. The molecular weight excluding hydrogens is 282 g/mol. The number of aromatic nitrogens is 2.